The lowest BCUT2D eigenvalue weighted by Crippen LogP contribution is -2.49. The van der Waals surface area contributed by atoms with Gasteiger partial charge in [0.2, 0.25) is 5.91 Å². The Morgan fingerprint density at radius 1 is 1.12 bits per heavy atom. The van der Waals surface area contributed by atoms with E-state index in [0.717, 1.165) is 28.6 Å². The first-order chi connectivity index (χ1) is 12.0. The minimum absolute atomic E-state index is 0.0669. The average molecular weight is 335 g/mol. The zero-order chi connectivity index (χ0) is 17.6. The Morgan fingerprint density at radius 3 is 2.72 bits per heavy atom. The summed E-state index contributed by atoms with van der Waals surface area (Å²) in [6.07, 6.45) is 3.59. The highest BCUT2D eigenvalue weighted by Crippen LogP contribution is 2.30. The van der Waals surface area contributed by atoms with E-state index in [2.05, 4.69) is 27.0 Å². The number of pyridine rings is 1. The van der Waals surface area contributed by atoms with Crippen molar-refractivity contribution in [3.05, 3.63) is 58.5 Å². The van der Waals surface area contributed by atoms with Gasteiger partial charge >= 0.3 is 0 Å². The molecule has 3 heterocycles. The second-order valence-corrected chi connectivity index (χ2v) is 7.01. The summed E-state index contributed by atoms with van der Waals surface area (Å²) in [5.41, 5.74) is 2.46. The van der Waals surface area contributed by atoms with Gasteiger partial charge in [0.25, 0.3) is 5.56 Å². The highest BCUT2D eigenvalue weighted by molar-refractivity contribution is 5.88. The van der Waals surface area contributed by atoms with E-state index in [9.17, 15) is 9.59 Å². The summed E-state index contributed by atoms with van der Waals surface area (Å²) in [5.74, 6) is -0.0669. The van der Waals surface area contributed by atoms with Crippen molar-refractivity contribution >= 4 is 16.8 Å². The lowest BCUT2D eigenvalue weighted by Gasteiger charge is -2.32. The molecule has 0 unspecified atom stereocenters. The smallest absolute Gasteiger partial charge is 0.252 e. The van der Waals surface area contributed by atoms with Crippen LogP contribution in [0.2, 0.25) is 0 Å². The number of aryl methyl sites for hydroxylation is 1. The van der Waals surface area contributed by atoms with Gasteiger partial charge in [0.05, 0.1) is 5.41 Å². The zero-order valence-electron chi connectivity index (χ0n) is 14.4. The molecule has 2 N–H and O–H groups in total. The summed E-state index contributed by atoms with van der Waals surface area (Å²) in [6.45, 7) is 2.53. The number of amides is 1. The van der Waals surface area contributed by atoms with Crippen LogP contribution in [0.25, 0.3) is 22.2 Å². The molecule has 0 aliphatic carbocycles. The van der Waals surface area contributed by atoms with Crippen molar-refractivity contribution in [3.63, 3.8) is 0 Å². The topological polar surface area (TPSA) is 66.9 Å². The number of aromatic amines is 1. The van der Waals surface area contributed by atoms with Crippen LogP contribution in [0.4, 0.5) is 0 Å². The van der Waals surface area contributed by atoms with Gasteiger partial charge in [-0.2, -0.15) is 0 Å². The highest BCUT2D eigenvalue weighted by Gasteiger charge is 2.39. The second-order valence-electron chi connectivity index (χ2n) is 7.01. The van der Waals surface area contributed by atoms with Crippen molar-refractivity contribution in [2.45, 2.75) is 25.2 Å². The van der Waals surface area contributed by atoms with Crippen molar-refractivity contribution < 1.29 is 4.79 Å². The number of piperidine rings is 1. The van der Waals surface area contributed by atoms with Gasteiger partial charge in [0.15, 0.2) is 0 Å². The van der Waals surface area contributed by atoms with Crippen LogP contribution in [0.3, 0.4) is 0 Å². The standard InChI is InChI=1S/C20H21N3O2/c1-20(9-3-10-21-19(20)25)15-5-6-16(22-18(15)24)13-4-7-17-14(12-13)8-11-23(17)2/h4-8,11-12H,3,9-10H2,1-2H3,(H,21,25)(H,22,24)/t20-/m1/s1. The lowest BCUT2D eigenvalue weighted by molar-refractivity contribution is -0.128. The quantitative estimate of drug-likeness (QED) is 0.756. The Labute approximate surface area is 145 Å². The molecule has 0 radical (unpaired) electrons. The van der Waals surface area contributed by atoms with Crippen LogP contribution >= 0.6 is 0 Å². The Morgan fingerprint density at radius 2 is 1.96 bits per heavy atom. The summed E-state index contributed by atoms with van der Waals surface area (Å²) in [6, 6.07) is 11.9. The third-order valence-electron chi connectivity index (χ3n) is 5.34. The molecule has 0 saturated carbocycles. The molecule has 1 aliphatic rings. The van der Waals surface area contributed by atoms with Crippen LogP contribution in [0, 0.1) is 0 Å². The Balaban J connectivity index is 1.76. The number of benzene rings is 1. The van der Waals surface area contributed by atoms with E-state index in [0.29, 0.717) is 18.5 Å². The maximum absolute atomic E-state index is 12.7. The summed E-state index contributed by atoms with van der Waals surface area (Å²) >= 11 is 0. The number of carbonyl (C=O) groups excluding carboxylic acids is 1. The predicted molar refractivity (Wildman–Crippen MR) is 98.6 cm³/mol. The van der Waals surface area contributed by atoms with E-state index < -0.39 is 5.41 Å². The minimum Gasteiger partial charge on any atom is -0.355 e. The average Bonchev–Trinajstić information content (AvgIpc) is 2.98. The number of fused-ring (bicyclic) bond motifs is 1. The van der Waals surface area contributed by atoms with Crippen molar-refractivity contribution in [3.8, 4) is 11.3 Å². The third kappa shape index (κ3) is 2.47. The molecule has 128 valence electrons. The Bertz CT molecular complexity index is 1030. The molecule has 3 aromatic rings. The summed E-state index contributed by atoms with van der Waals surface area (Å²) in [7, 11) is 2.01. The molecule has 25 heavy (non-hydrogen) atoms. The minimum atomic E-state index is -0.756. The summed E-state index contributed by atoms with van der Waals surface area (Å²) in [5, 5.41) is 4.00. The first-order valence-corrected chi connectivity index (χ1v) is 8.57. The molecule has 5 heteroatoms. The van der Waals surface area contributed by atoms with Gasteiger partial charge in [0.1, 0.15) is 0 Å². The predicted octanol–water partition coefficient (Wildman–Crippen LogP) is 2.70. The van der Waals surface area contributed by atoms with E-state index in [1.165, 1.54) is 0 Å². The van der Waals surface area contributed by atoms with E-state index in [1.54, 1.807) is 6.07 Å². The molecule has 0 bridgehead atoms. The number of H-pyrrole nitrogens is 1. The molecule has 1 aliphatic heterocycles. The number of aromatic nitrogens is 2. The zero-order valence-corrected chi connectivity index (χ0v) is 14.4. The molecule has 2 aromatic heterocycles. The van der Waals surface area contributed by atoms with Crippen LogP contribution < -0.4 is 10.9 Å². The first kappa shape index (κ1) is 15.7. The van der Waals surface area contributed by atoms with E-state index in [1.807, 2.05) is 38.4 Å². The molecular formula is C20H21N3O2. The van der Waals surface area contributed by atoms with Gasteiger partial charge in [0, 0.05) is 41.9 Å². The summed E-state index contributed by atoms with van der Waals surface area (Å²) < 4.78 is 2.06. The molecule has 0 spiro atoms. The number of hydrogen-bond acceptors (Lipinski definition) is 2. The maximum Gasteiger partial charge on any atom is 0.252 e. The van der Waals surface area contributed by atoms with Crippen LogP contribution in [0.5, 0.6) is 0 Å². The Kier molecular flexibility index (Phi) is 3.53. The maximum atomic E-state index is 12.7. The van der Waals surface area contributed by atoms with Crippen LogP contribution in [0.1, 0.15) is 25.3 Å². The first-order valence-electron chi connectivity index (χ1n) is 8.57. The Hall–Kier alpha value is -2.82. The fourth-order valence-corrected chi connectivity index (χ4v) is 3.74. The SMILES string of the molecule is Cn1ccc2cc(-c3ccc([C@@]4(C)CCCNC4=O)c(=O)[nH]3)ccc21. The molecule has 1 amide bonds. The lowest BCUT2D eigenvalue weighted by atomic mass is 9.76. The summed E-state index contributed by atoms with van der Waals surface area (Å²) in [4.78, 5) is 28.0. The van der Waals surface area contributed by atoms with Gasteiger partial charge in [-0.05, 0) is 49.6 Å². The molecule has 1 aromatic carbocycles. The van der Waals surface area contributed by atoms with Crippen molar-refractivity contribution in [1.29, 1.82) is 0 Å². The number of nitrogens with zero attached hydrogens (tertiary/aromatic N) is 1. The number of hydrogen-bond donors (Lipinski definition) is 2. The molecule has 1 saturated heterocycles. The molecule has 4 rings (SSSR count). The fourth-order valence-electron chi connectivity index (χ4n) is 3.74. The molecule has 5 nitrogen and oxygen atoms in total. The van der Waals surface area contributed by atoms with Gasteiger partial charge in [-0.3, -0.25) is 9.59 Å². The molecule has 1 atom stereocenters. The monoisotopic (exact) mass is 335 g/mol. The highest BCUT2D eigenvalue weighted by atomic mass is 16.2. The van der Waals surface area contributed by atoms with E-state index >= 15 is 0 Å². The van der Waals surface area contributed by atoms with Crippen molar-refractivity contribution in [2.24, 2.45) is 7.05 Å². The van der Waals surface area contributed by atoms with Crippen molar-refractivity contribution in [2.75, 3.05) is 6.54 Å². The molecular weight excluding hydrogens is 314 g/mol. The van der Waals surface area contributed by atoms with Gasteiger partial charge in [-0.1, -0.05) is 12.1 Å². The van der Waals surface area contributed by atoms with Crippen molar-refractivity contribution in [1.82, 2.24) is 14.9 Å². The van der Waals surface area contributed by atoms with Gasteiger partial charge < -0.3 is 14.9 Å². The van der Waals surface area contributed by atoms with Crippen LogP contribution in [0.15, 0.2) is 47.4 Å². The molecule has 1 fully saturated rings. The number of carbonyl (C=O) groups is 1. The van der Waals surface area contributed by atoms with Crippen LogP contribution in [-0.4, -0.2) is 22.0 Å². The largest absolute Gasteiger partial charge is 0.355 e. The fraction of sp³-hybridized carbons (Fsp3) is 0.300. The number of rotatable bonds is 2. The normalized spacial score (nSPS) is 20.6. The number of nitrogens with one attached hydrogen (secondary N) is 2. The van der Waals surface area contributed by atoms with E-state index in [4.69, 9.17) is 0 Å². The van der Waals surface area contributed by atoms with E-state index in [-0.39, 0.29) is 11.5 Å². The van der Waals surface area contributed by atoms with Gasteiger partial charge in [-0.25, -0.2) is 0 Å². The van der Waals surface area contributed by atoms with Gasteiger partial charge in [-0.15, -0.1) is 0 Å². The van der Waals surface area contributed by atoms with Crippen LogP contribution in [-0.2, 0) is 17.3 Å². The third-order valence-corrected chi connectivity index (χ3v) is 5.34. The second kappa shape index (κ2) is 5.62.